The minimum Gasteiger partial charge on any atom is -0.0871 e. The van der Waals surface area contributed by atoms with Crippen LogP contribution in [0, 0.1) is 6.92 Å². The van der Waals surface area contributed by atoms with Crippen molar-refractivity contribution in [1.29, 1.82) is 0 Å². The molecule has 0 saturated carbocycles. The van der Waals surface area contributed by atoms with Gasteiger partial charge in [0, 0.05) is 0 Å². The zero-order valence-corrected chi connectivity index (χ0v) is 16.3. The molecule has 1 aromatic rings. The fourth-order valence-corrected chi connectivity index (χ4v) is 3.53. The second-order valence-corrected chi connectivity index (χ2v) is 6.97. The van der Waals surface area contributed by atoms with E-state index < -0.39 is 0 Å². The molecule has 0 heteroatoms. The zero-order valence-electron chi connectivity index (χ0n) is 16.3. The van der Waals surface area contributed by atoms with Crippen molar-refractivity contribution in [1.82, 2.24) is 0 Å². The molecule has 0 saturated heterocycles. The van der Waals surface area contributed by atoms with E-state index in [9.17, 15) is 0 Å². The van der Waals surface area contributed by atoms with Crippen LogP contribution in [-0.4, -0.2) is 0 Å². The monoisotopic (exact) mass is 314 g/mol. The quantitative estimate of drug-likeness (QED) is 0.365. The Balaban J connectivity index is 3.02. The van der Waals surface area contributed by atoms with Crippen molar-refractivity contribution in [2.45, 2.75) is 98.3 Å². The van der Waals surface area contributed by atoms with Crippen molar-refractivity contribution < 1.29 is 0 Å². The molecule has 0 heterocycles. The lowest BCUT2D eigenvalue weighted by molar-refractivity contribution is 0.552. The van der Waals surface area contributed by atoms with Crippen LogP contribution >= 0.6 is 0 Å². The van der Waals surface area contributed by atoms with E-state index in [4.69, 9.17) is 0 Å². The van der Waals surface area contributed by atoms with Crippen LogP contribution in [0.15, 0.2) is 18.2 Å². The van der Waals surface area contributed by atoms with Crippen LogP contribution in [0.5, 0.6) is 0 Å². The van der Waals surface area contributed by atoms with Gasteiger partial charge in [-0.2, -0.15) is 0 Å². The van der Waals surface area contributed by atoms with Crippen LogP contribution in [0.2, 0.25) is 0 Å². The summed E-state index contributed by atoms with van der Waals surface area (Å²) in [6.07, 6.45) is 16.3. The molecule has 0 radical (unpaired) electrons. The standard InChI is InChI=1S/C23H38/c1-6-10-12-15-20(9-4)23-17-19(5)21(16-13-11-7-2)18-22(23)14-8-3/h8,14,17-18,20H,6-7,9-13,15-16H2,1-5H3. The largest absolute Gasteiger partial charge is 0.0871 e. The lowest BCUT2D eigenvalue weighted by Gasteiger charge is -2.20. The number of allylic oxidation sites excluding steroid dienone is 1. The Morgan fingerprint density at radius 1 is 0.957 bits per heavy atom. The minimum atomic E-state index is 0.719. The Morgan fingerprint density at radius 3 is 2.26 bits per heavy atom. The maximum atomic E-state index is 2.50. The first-order valence-corrected chi connectivity index (χ1v) is 9.93. The SMILES string of the molecule is CC=Cc1cc(CCCCC)c(C)cc1C(CC)CCCCC. The highest BCUT2D eigenvalue weighted by molar-refractivity contribution is 5.57. The van der Waals surface area contributed by atoms with E-state index in [1.54, 1.807) is 11.1 Å². The summed E-state index contributed by atoms with van der Waals surface area (Å²) < 4.78 is 0. The number of aryl methyl sites for hydroxylation is 2. The highest BCUT2D eigenvalue weighted by Gasteiger charge is 2.14. The predicted octanol–water partition coefficient (Wildman–Crippen LogP) is 7.83. The molecule has 0 aromatic heterocycles. The fraction of sp³-hybridized carbons (Fsp3) is 0.652. The summed E-state index contributed by atoms with van der Waals surface area (Å²) in [6.45, 7) is 11.4. The molecular weight excluding hydrogens is 276 g/mol. The topological polar surface area (TPSA) is 0 Å². The molecule has 0 amide bonds. The van der Waals surface area contributed by atoms with Crippen molar-refractivity contribution in [3.8, 4) is 0 Å². The summed E-state index contributed by atoms with van der Waals surface area (Å²) in [7, 11) is 0. The highest BCUT2D eigenvalue weighted by Crippen LogP contribution is 2.32. The summed E-state index contributed by atoms with van der Waals surface area (Å²) in [4.78, 5) is 0. The molecule has 23 heavy (non-hydrogen) atoms. The molecule has 1 atom stereocenters. The molecule has 0 fully saturated rings. The summed E-state index contributed by atoms with van der Waals surface area (Å²) in [5, 5.41) is 0. The van der Waals surface area contributed by atoms with Crippen LogP contribution in [0.25, 0.3) is 6.08 Å². The second-order valence-electron chi connectivity index (χ2n) is 6.97. The van der Waals surface area contributed by atoms with E-state index in [2.05, 4.69) is 58.9 Å². The number of unbranched alkanes of at least 4 members (excludes halogenated alkanes) is 4. The summed E-state index contributed by atoms with van der Waals surface area (Å²) >= 11 is 0. The molecule has 0 aliphatic rings. The van der Waals surface area contributed by atoms with E-state index in [0.717, 1.165) is 5.92 Å². The Hall–Kier alpha value is -1.04. The molecule has 0 nitrogen and oxygen atoms in total. The number of benzene rings is 1. The maximum absolute atomic E-state index is 2.50. The molecule has 1 aromatic carbocycles. The lowest BCUT2D eigenvalue weighted by atomic mass is 9.84. The number of rotatable bonds is 11. The molecular formula is C23H38. The maximum Gasteiger partial charge on any atom is -0.0159 e. The Labute approximate surface area is 145 Å². The van der Waals surface area contributed by atoms with Gasteiger partial charge in [0.2, 0.25) is 0 Å². The smallest absolute Gasteiger partial charge is 0.0159 e. The summed E-state index contributed by atoms with van der Waals surface area (Å²) in [6, 6.07) is 4.97. The van der Waals surface area contributed by atoms with E-state index in [0.29, 0.717) is 0 Å². The minimum absolute atomic E-state index is 0.719. The third-order valence-electron chi connectivity index (χ3n) is 5.03. The average Bonchev–Trinajstić information content (AvgIpc) is 2.55. The van der Waals surface area contributed by atoms with Crippen LogP contribution in [0.4, 0.5) is 0 Å². The highest BCUT2D eigenvalue weighted by atomic mass is 14.2. The van der Waals surface area contributed by atoms with Crippen molar-refractivity contribution in [2.75, 3.05) is 0 Å². The zero-order chi connectivity index (χ0) is 17.1. The van der Waals surface area contributed by atoms with Crippen molar-refractivity contribution in [3.63, 3.8) is 0 Å². The van der Waals surface area contributed by atoms with Gasteiger partial charge in [-0.1, -0.05) is 77.2 Å². The fourth-order valence-electron chi connectivity index (χ4n) is 3.53. The first kappa shape index (κ1) is 20.0. The van der Waals surface area contributed by atoms with Gasteiger partial charge in [0.25, 0.3) is 0 Å². The average molecular weight is 315 g/mol. The van der Waals surface area contributed by atoms with Gasteiger partial charge in [-0.15, -0.1) is 0 Å². The molecule has 0 spiro atoms. The van der Waals surface area contributed by atoms with Crippen molar-refractivity contribution >= 4 is 6.08 Å². The van der Waals surface area contributed by atoms with Crippen LogP contribution in [0.1, 0.15) is 107 Å². The van der Waals surface area contributed by atoms with Gasteiger partial charge in [-0.25, -0.2) is 0 Å². The molecule has 1 rings (SSSR count). The van der Waals surface area contributed by atoms with Crippen LogP contribution in [0.3, 0.4) is 0 Å². The normalized spacial score (nSPS) is 12.9. The van der Waals surface area contributed by atoms with E-state index >= 15 is 0 Å². The summed E-state index contributed by atoms with van der Waals surface area (Å²) in [5.41, 5.74) is 6.10. The van der Waals surface area contributed by atoms with E-state index in [1.807, 2.05) is 0 Å². The van der Waals surface area contributed by atoms with Gasteiger partial charge in [0.05, 0.1) is 0 Å². The van der Waals surface area contributed by atoms with E-state index in [-0.39, 0.29) is 0 Å². The Kier molecular flexibility index (Phi) is 9.99. The Bertz CT molecular complexity index is 467. The van der Waals surface area contributed by atoms with Gasteiger partial charge in [0.15, 0.2) is 0 Å². The summed E-state index contributed by atoms with van der Waals surface area (Å²) in [5.74, 6) is 0.719. The molecule has 130 valence electrons. The molecule has 0 N–H and O–H groups in total. The van der Waals surface area contributed by atoms with Gasteiger partial charge < -0.3 is 0 Å². The first-order valence-electron chi connectivity index (χ1n) is 9.93. The second kappa shape index (κ2) is 11.5. The predicted molar refractivity (Wildman–Crippen MR) is 106 cm³/mol. The molecule has 0 aliphatic heterocycles. The van der Waals surface area contributed by atoms with E-state index in [1.165, 1.54) is 68.9 Å². The first-order chi connectivity index (χ1) is 11.2. The molecule has 1 unspecified atom stereocenters. The third-order valence-corrected chi connectivity index (χ3v) is 5.03. The van der Waals surface area contributed by atoms with Crippen molar-refractivity contribution in [2.24, 2.45) is 0 Å². The van der Waals surface area contributed by atoms with Gasteiger partial charge in [0.1, 0.15) is 0 Å². The van der Waals surface area contributed by atoms with Gasteiger partial charge in [-0.05, 0) is 67.7 Å². The molecule has 0 bridgehead atoms. The van der Waals surface area contributed by atoms with Gasteiger partial charge >= 0.3 is 0 Å². The van der Waals surface area contributed by atoms with Crippen LogP contribution < -0.4 is 0 Å². The van der Waals surface area contributed by atoms with Crippen molar-refractivity contribution in [3.05, 3.63) is 40.5 Å². The lowest BCUT2D eigenvalue weighted by Crippen LogP contribution is -2.03. The number of hydrogen-bond donors (Lipinski definition) is 0. The molecule has 0 aliphatic carbocycles. The van der Waals surface area contributed by atoms with Gasteiger partial charge in [-0.3, -0.25) is 0 Å². The van der Waals surface area contributed by atoms with Crippen LogP contribution in [-0.2, 0) is 6.42 Å². The number of hydrogen-bond acceptors (Lipinski definition) is 0. The Morgan fingerprint density at radius 2 is 1.65 bits per heavy atom. The third kappa shape index (κ3) is 6.53.